The second-order valence-corrected chi connectivity index (χ2v) is 9.50. The SMILES string of the molecule is CC12CCCCC1CCC1(N)C2CC[C@]2(C)/C(=C\C#N)CCC12. The minimum atomic E-state index is 0.0145. The lowest BCUT2D eigenvalue weighted by atomic mass is 9.42. The first-order valence-electron chi connectivity index (χ1n) is 9.83. The number of hydrogen-bond donors (Lipinski definition) is 1. The minimum absolute atomic E-state index is 0.0145. The Morgan fingerprint density at radius 3 is 2.65 bits per heavy atom. The van der Waals surface area contributed by atoms with Crippen molar-refractivity contribution in [3.8, 4) is 6.07 Å². The van der Waals surface area contributed by atoms with Crippen LogP contribution in [0.2, 0.25) is 0 Å². The molecule has 0 radical (unpaired) electrons. The van der Waals surface area contributed by atoms with Gasteiger partial charge in [-0.05, 0) is 80.0 Å². The molecule has 5 unspecified atom stereocenters. The molecule has 0 heterocycles. The van der Waals surface area contributed by atoms with Crippen molar-refractivity contribution >= 4 is 0 Å². The van der Waals surface area contributed by atoms with Gasteiger partial charge in [0.1, 0.15) is 0 Å². The highest BCUT2D eigenvalue weighted by Crippen LogP contribution is 2.67. The maximum Gasteiger partial charge on any atom is 0.0911 e. The Morgan fingerprint density at radius 2 is 1.87 bits per heavy atom. The maximum atomic E-state index is 9.17. The van der Waals surface area contributed by atoms with E-state index in [9.17, 15) is 0 Å². The minimum Gasteiger partial charge on any atom is -0.325 e. The molecule has 4 saturated carbocycles. The summed E-state index contributed by atoms with van der Waals surface area (Å²) in [5.41, 5.74) is 9.36. The third-order valence-electron chi connectivity index (χ3n) is 8.87. The van der Waals surface area contributed by atoms with Crippen LogP contribution in [0.5, 0.6) is 0 Å². The molecule has 0 aromatic rings. The summed E-state index contributed by atoms with van der Waals surface area (Å²) in [4.78, 5) is 0. The monoisotopic (exact) mass is 312 g/mol. The van der Waals surface area contributed by atoms with Gasteiger partial charge in [-0.3, -0.25) is 0 Å². The lowest BCUT2D eigenvalue weighted by molar-refractivity contribution is -0.113. The van der Waals surface area contributed by atoms with Crippen LogP contribution < -0.4 is 5.73 Å². The quantitative estimate of drug-likeness (QED) is 0.643. The van der Waals surface area contributed by atoms with E-state index in [0.29, 0.717) is 17.3 Å². The van der Waals surface area contributed by atoms with Gasteiger partial charge >= 0.3 is 0 Å². The van der Waals surface area contributed by atoms with E-state index >= 15 is 0 Å². The number of nitriles is 1. The highest BCUT2D eigenvalue weighted by Gasteiger charge is 2.64. The first-order valence-corrected chi connectivity index (χ1v) is 9.83. The van der Waals surface area contributed by atoms with E-state index < -0.39 is 0 Å². The second kappa shape index (κ2) is 5.09. The van der Waals surface area contributed by atoms with Crippen LogP contribution in [0.25, 0.3) is 0 Å². The van der Waals surface area contributed by atoms with E-state index in [2.05, 4.69) is 19.9 Å². The van der Waals surface area contributed by atoms with E-state index in [4.69, 9.17) is 11.0 Å². The number of hydrogen-bond acceptors (Lipinski definition) is 2. The number of nitrogens with zero attached hydrogens (tertiary/aromatic N) is 1. The summed E-state index contributed by atoms with van der Waals surface area (Å²) in [5.74, 6) is 2.21. The molecule has 0 spiro atoms. The smallest absolute Gasteiger partial charge is 0.0911 e. The molecule has 126 valence electrons. The fraction of sp³-hybridized carbons (Fsp3) is 0.857. The van der Waals surface area contributed by atoms with Crippen LogP contribution in [-0.2, 0) is 0 Å². The summed E-state index contributed by atoms with van der Waals surface area (Å²) in [5, 5.41) is 9.17. The van der Waals surface area contributed by atoms with Crippen LogP contribution in [0.1, 0.15) is 78.1 Å². The molecule has 0 aromatic carbocycles. The molecule has 0 bridgehead atoms. The Bertz CT molecular complexity index is 573. The normalized spacial score (nSPS) is 54.0. The highest BCUT2D eigenvalue weighted by molar-refractivity contribution is 5.31. The van der Waals surface area contributed by atoms with E-state index in [-0.39, 0.29) is 11.0 Å². The van der Waals surface area contributed by atoms with Crippen LogP contribution in [0.4, 0.5) is 0 Å². The van der Waals surface area contributed by atoms with Gasteiger partial charge in [-0.1, -0.05) is 32.3 Å². The Hall–Kier alpha value is -0.810. The van der Waals surface area contributed by atoms with Gasteiger partial charge in [0, 0.05) is 11.6 Å². The summed E-state index contributed by atoms with van der Waals surface area (Å²) in [6, 6.07) is 2.30. The highest BCUT2D eigenvalue weighted by atomic mass is 14.9. The molecule has 4 fully saturated rings. The lowest BCUT2D eigenvalue weighted by Crippen LogP contribution is -2.67. The van der Waals surface area contributed by atoms with E-state index in [1.807, 2.05) is 6.08 Å². The molecule has 2 N–H and O–H groups in total. The standard InChI is InChI=1S/C21H32N2/c1-19-11-4-3-5-15(19)8-13-21(23)17-7-6-16(10-14-22)20(17,2)12-9-18(19)21/h10,15,17-18H,3-9,11-13,23H2,1-2H3/b16-10-/t15?,17?,18?,19?,20-,21?/m1/s1. The zero-order chi connectivity index (χ0) is 16.3. The Balaban J connectivity index is 1.72. The predicted octanol–water partition coefficient (Wildman–Crippen LogP) is 4.95. The first-order chi connectivity index (χ1) is 10.9. The number of allylic oxidation sites excluding steroid dienone is 2. The van der Waals surface area contributed by atoms with Gasteiger partial charge in [0.15, 0.2) is 0 Å². The molecule has 2 nitrogen and oxygen atoms in total. The van der Waals surface area contributed by atoms with Crippen molar-refractivity contribution in [2.75, 3.05) is 0 Å². The molecule has 4 rings (SSSR count). The summed E-state index contributed by atoms with van der Waals surface area (Å²) < 4.78 is 0. The predicted molar refractivity (Wildman–Crippen MR) is 93.5 cm³/mol. The van der Waals surface area contributed by atoms with Crippen molar-refractivity contribution in [2.45, 2.75) is 83.6 Å². The number of nitrogens with two attached hydrogens (primary N) is 1. The molecule has 23 heavy (non-hydrogen) atoms. The average molecular weight is 313 g/mol. The summed E-state index contributed by atoms with van der Waals surface area (Å²) >= 11 is 0. The molecule has 0 aliphatic heterocycles. The van der Waals surface area contributed by atoms with Gasteiger partial charge in [0.05, 0.1) is 6.07 Å². The molecule has 0 amide bonds. The molecular weight excluding hydrogens is 280 g/mol. The molecule has 0 saturated heterocycles. The number of fused-ring (bicyclic) bond motifs is 5. The van der Waals surface area contributed by atoms with Crippen LogP contribution in [0.3, 0.4) is 0 Å². The fourth-order valence-corrected chi connectivity index (χ4v) is 7.67. The van der Waals surface area contributed by atoms with E-state index in [1.165, 1.54) is 63.4 Å². The maximum absolute atomic E-state index is 9.17. The van der Waals surface area contributed by atoms with Gasteiger partial charge in [0.2, 0.25) is 0 Å². The molecule has 4 aliphatic rings. The van der Waals surface area contributed by atoms with Crippen molar-refractivity contribution in [3.05, 3.63) is 11.6 Å². The molecule has 2 heteroatoms. The van der Waals surface area contributed by atoms with Gasteiger partial charge in [-0.25, -0.2) is 0 Å². The second-order valence-electron chi connectivity index (χ2n) is 9.50. The molecular formula is C21H32N2. The van der Waals surface area contributed by atoms with E-state index in [0.717, 1.165) is 12.3 Å². The lowest BCUT2D eigenvalue weighted by Gasteiger charge is -2.64. The average Bonchev–Trinajstić information content (AvgIpc) is 2.85. The third-order valence-corrected chi connectivity index (χ3v) is 8.87. The largest absolute Gasteiger partial charge is 0.325 e. The number of rotatable bonds is 0. The zero-order valence-corrected chi connectivity index (χ0v) is 14.9. The van der Waals surface area contributed by atoms with Crippen LogP contribution in [0.15, 0.2) is 11.6 Å². The molecule has 6 atom stereocenters. The van der Waals surface area contributed by atoms with Gasteiger partial charge in [-0.15, -0.1) is 0 Å². The fourth-order valence-electron chi connectivity index (χ4n) is 7.67. The zero-order valence-electron chi connectivity index (χ0n) is 14.9. The topological polar surface area (TPSA) is 49.8 Å². The first kappa shape index (κ1) is 15.7. The molecule has 0 aromatic heterocycles. The van der Waals surface area contributed by atoms with Crippen LogP contribution in [-0.4, -0.2) is 5.54 Å². The summed E-state index contributed by atoms with van der Waals surface area (Å²) in [7, 11) is 0. The van der Waals surface area contributed by atoms with Crippen LogP contribution in [0, 0.1) is 39.9 Å². The van der Waals surface area contributed by atoms with Crippen molar-refractivity contribution in [3.63, 3.8) is 0 Å². The van der Waals surface area contributed by atoms with Gasteiger partial charge in [-0.2, -0.15) is 5.26 Å². The third kappa shape index (κ3) is 1.95. The Labute approximate surface area is 141 Å². The molecule has 4 aliphatic carbocycles. The van der Waals surface area contributed by atoms with Crippen LogP contribution >= 0.6 is 0 Å². The van der Waals surface area contributed by atoms with Crippen molar-refractivity contribution in [1.29, 1.82) is 5.26 Å². The summed E-state index contributed by atoms with van der Waals surface area (Å²) in [6.07, 6.45) is 14.9. The van der Waals surface area contributed by atoms with Crippen molar-refractivity contribution in [1.82, 2.24) is 0 Å². The Morgan fingerprint density at radius 1 is 1.04 bits per heavy atom. The van der Waals surface area contributed by atoms with Gasteiger partial charge in [0.25, 0.3) is 0 Å². The summed E-state index contributed by atoms with van der Waals surface area (Å²) in [6.45, 7) is 4.99. The van der Waals surface area contributed by atoms with Crippen molar-refractivity contribution in [2.24, 2.45) is 34.3 Å². The van der Waals surface area contributed by atoms with Crippen molar-refractivity contribution < 1.29 is 0 Å². The van der Waals surface area contributed by atoms with Gasteiger partial charge < -0.3 is 5.73 Å². The Kier molecular flexibility index (Phi) is 3.48. The van der Waals surface area contributed by atoms with E-state index in [1.54, 1.807) is 0 Å².